The number of aryl methyl sites for hydroxylation is 1. The van der Waals surface area contributed by atoms with Crippen molar-refractivity contribution in [3.05, 3.63) is 45.8 Å². The molecule has 1 aliphatic heterocycles. The Morgan fingerprint density at radius 1 is 1.09 bits per heavy atom. The van der Waals surface area contributed by atoms with Crippen molar-refractivity contribution in [1.29, 1.82) is 0 Å². The van der Waals surface area contributed by atoms with Crippen molar-refractivity contribution in [1.82, 2.24) is 9.62 Å². The van der Waals surface area contributed by atoms with Crippen molar-refractivity contribution in [3.63, 3.8) is 0 Å². The predicted molar refractivity (Wildman–Crippen MR) is 126 cm³/mol. The summed E-state index contributed by atoms with van der Waals surface area (Å²) in [6.07, 6.45) is 6.37. The van der Waals surface area contributed by atoms with E-state index < -0.39 is 10.0 Å². The second-order valence-corrected chi connectivity index (χ2v) is 11.3. The van der Waals surface area contributed by atoms with E-state index >= 15 is 0 Å². The maximum atomic E-state index is 13.1. The lowest BCUT2D eigenvalue weighted by Gasteiger charge is -2.34. The van der Waals surface area contributed by atoms with E-state index in [1.54, 1.807) is 11.4 Å². The van der Waals surface area contributed by atoms with Crippen LogP contribution in [-0.2, 0) is 22.9 Å². The normalized spacial score (nSPS) is 18.9. The molecule has 2 aromatic rings. The number of carbonyl (C=O) groups is 2. The molecule has 1 atom stereocenters. The van der Waals surface area contributed by atoms with Crippen LogP contribution < -0.4 is 10.6 Å². The van der Waals surface area contributed by atoms with Gasteiger partial charge >= 0.3 is 0 Å². The second kappa shape index (κ2) is 9.33. The summed E-state index contributed by atoms with van der Waals surface area (Å²) in [4.78, 5) is 26.6. The Labute approximate surface area is 193 Å². The Balaban J connectivity index is 1.54. The van der Waals surface area contributed by atoms with E-state index in [0.29, 0.717) is 22.7 Å². The van der Waals surface area contributed by atoms with Crippen molar-refractivity contribution >= 4 is 38.2 Å². The summed E-state index contributed by atoms with van der Waals surface area (Å²) < 4.78 is 27.9. The molecule has 1 aromatic carbocycles. The zero-order chi connectivity index (χ0) is 22.9. The zero-order valence-electron chi connectivity index (χ0n) is 18.4. The number of thiophene rings is 1. The largest absolute Gasteiger partial charge is 0.355 e. The minimum absolute atomic E-state index is 0.0284. The molecule has 172 valence electrons. The fraction of sp³-hybridized carbons (Fsp3) is 0.478. The number of fused-ring (bicyclic) bond motifs is 1. The molecular formula is C23H29N3O4S2. The van der Waals surface area contributed by atoms with Crippen LogP contribution in [0.3, 0.4) is 0 Å². The summed E-state index contributed by atoms with van der Waals surface area (Å²) in [6, 6.07) is 6.10. The summed E-state index contributed by atoms with van der Waals surface area (Å²) in [5.74, 6) is -0.559. The van der Waals surface area contributed by atoms with E-state index in [4.69, 9.17) is 0 Å². The molecule has 4 rings (SSSR count). The Morgan fingerprint density at radius 3 is 2.53 bits per heavy atom. The number of amides is 2. The van der Waals surface area contributed by atoms with Crippen molar-refractivity contribution in [2.45, 2.75) is 62.8 Å². The molecule has 0 bridgehead atoms. The van der Waals surface area contributed by atoms with Gasteiger partial charge in [-0.25, -0.2) is 8.42 Å². The number of piperidine rings is 1. The average molecular weight is 476 g/mol. The number of sulfonamides is 1. The van der Waals surface area contributed by atoms with Gasteiger partial charge in [0.2, 0.25) is 10.0 Å². The van der Waals surface area contributed by atoms with Crippen LogP contribution in [0.5, 0.6) is 0 Å². The van der Waals surface area contributed by atoms with Gasteiger partial charge in [0.1, 0.15) is 5.00 Å². The first-order valence-electron chi connectivity index (χ1n) is 11.2. The molecule has 1 aliphatic carbocycles. The summed E-state index contributed by atoms with van der Waals surface area (Å²) in [5.41, 5.74) is 1.93. The van der Waals surface area contributed by atoms with Gasteiger partial charge in [-0.05, 0) is 68.4 Å². The molecule has 0 unspecified atom stereocenters. The average Bonchev–Trinajstić information content (AvgIpc) is 3.39. The van der Waals surface area contributed by atoms with Crippen LogP contribution in [0.25, 0.3) is 0 Å². The van der Waals surface area contributed by atoms with E-state index in [9.17, 15) is 18.0 Å². The number of nitrogens with zero attached hydrogens (tertiary/aromatic N) is 1. The third kappa shape index (κ3) is 4.21. The van der Waals surface area contributed by atoms with E-state index in [1.165, 1.54) is 35.6 Å². The lowest BCUT2D eigenvalue weighted by atomic mass is 10.0. The molecule has 7 nitrogen and oxygen atoms in total. The first-order chi connectivity index (χ1) is 15.4. The topological polar surface area (TPSA) is 95.6 Å². The van der Waals surface area contributed by atoms with Crippen LogP contribution in [0.15, 0.2) is 29.2 Å². The van der Waals surface area contributed by atoms with Crippen molar-refractivity contribution in [2.24, 2.45) is 0 Å². The molecule has 1 fully saturated rings. The van der Waals surface area contributed by atoms with Crippen molar-refractivity contribution in [2.75, 3.05) is 18.9 Å². The lowest BCUT2D eigenvalue weighted by Crippen LogP contribution is -2.43. The van der Waals surface area contributed by atoms with Gasteiger partial charge in [0.05, 0.1) is 10.5 Å². The number of benzene rings is 1. The number of hydrogen-bond donors (Lipinski definition) is 2. The quantitative estimate of drug-likeness (QED) is 0.664. The maximum absolute atomic E-state index is 13.1. The fourth-order valence-corrected chi connectivity index (χ4v) is 7.69. The molecule has 0 saturated carbocycles. The summed E-state index contributed by atoms with van der Waals surface area (Å²) in [7, 11) is -2.01. The van der Waals surface area contributed by atoms with Gasteiger partial charge in [-0.2, -0.15) is 4.31 Å². The van der Waals surface area contributed by atoms with Gasteiger partial charge in [-0.3, -0.25) is 9.59 Å². The first kappa shape index (κ1) is 22.9. The highest BCUT2D eigenvalue weighted by atomic mass is 32.2. The van der Waals surface area contributed by atoms with Gasteiger partial charge in [0, 0.05) is 30.1 Å². The Morgan fingerprint density at radius 2 is 1.84 bits per heavy atom. The Kier molecular flexibility index (Phi) is 6.69. The van der Waals surface area contributed by atoms with E-state index in [-0.39, 0.29) is 22.8 Å². The minimum Gasteiger partial charge on any atom is -0.355 e. The number of anilines is 1. The molecule has 32 heavy (non-hydrogen) atoms. The van der Waals surface area contributed by atoms with Crippen LogP contribution in [-0.4, -0.2) is 44.2 Å². The molecule has 0 radical (unpaired) electrons. The predicted octanol–water partition coefficient (Wildman–Crippen LogP) is 3.80. The van der Waals surface area contributed by atoms with Crippen LogP contribution in [0, 0.1) is 0 Å². The highest BCUT2D eigenvalue weighted by Crippen LogP contribution is 2.39. The molecule has 2 N–H and O–H groups in total. The number of nitrogens with one attached hydrogen (secondary N) is 2. The van der Waals surface area contributed by atoms with Crippen LogP contribution >= 0.6 is 11.3 Å². The van der Waals surface area contributed by atoms with Crippen molar-refractivity contribution in [3.8, 4) is 0 Å². The molecule has 1 saturated heterocycles. The van der Waals surface area contributed by atoms with Gasteiger partial charge in [-0.15, -0.1) is 11.3 Å². The van der Waals surface area contributed by atoms with Gasteiger partial charge in [0.15, 0.2) is 0 Å². The van der Waals surface area contributed by atoms with Crippen LogP contribution in [0.1, 0.15) is 70.2 Å². The number of carbonyl (C=O) groups excluding carboxylic acids is 2. The number of hydrogen-bond acceptors (Lipinski definition) is 5. The molecule has 0 spiro atoms. The monoisotopic (exact) mass is 475 g/mol. The molecule has 9 heteroatoms. The third-order valence-electron chi connectivity index (χ3n) is 6.37. The maximum Gasteiger partial charge on any atom is 0.256 e. The molecule has 2 heterocycles. The van der Waals surface area contributed by atoms with E-state index in [1.807, 2.05) is 6.92 Å². The van der Waals surface area contributed by atoms with Crippen LogP contribution in [0.2, 0.25) is 0 Å². The van der Waals surface area contributed by atoms with Gasteiger partial charge in [0.25, 0.3) is 11.8 Å². The smallest absolute Gasteiger partial charge is 0.256 e. The summed E-state index contributed by atoms with van der Waals surface area (Å²) in [6.45, 7) is 2.55. The highest BCUT2D eigenvalue weighted by molar-refractivity contribution is 7.89. The standard InChI is InChI=1S/C23H29N3O4S2/c1-3-16-7-4-5-14-26(16)32(29,30)17-12-10-15(11-13-17)21(27)25-23-20(22(28)24-2)18-8-6-9-19(18)31-23/h10-13,16H,3-9,14H2,1-2H3,(H,24,28)(H,25,27)/t16-/m0/s1. The van der Waals surface area contributed by atoms with Crippen molar-refractivity contribution < 1.29 is 18.0 Å². The third-order valence-corrected chi connectivity index (χ3v) is 9.54. The highest BCUT2D eigenvalue weighted by Gasteiger charge is 2.32. The number of rotatable bonds is 6. The Bertz CT molecular complexity index is 1120. The van der Waals surface area contributed by atoms with Gasteiger partial charge < -0.3 is 10.6 Å². The van der Waals surface area contributed by atoms with E-state index in [0.717, 1.165) is 55.4 Å². The SMILES string of the molecule is CC[C@H]1CCCCN1S(=O)(=O)c1ccc(C(=O)Nc2sc3c(c2C(=O)NC)CCC3)cc1. The molecular weight excluding hydrogens is 446 g/mol. The van der Waals surface area contributed by atoms with Crippen LogP contribution in [0.4, 0.5) is 5.00 Å². The molecule has 1 aromatic heterocycles. The minimum atomic E-state index is -3.59. The van der Waals surface area contributed by atoms with Gasteiger partial charge in [-0.1, -0.05) is 13.3 Å². The summed E-state index contributed by atoms with van der Waals surface area (Å²) in [5, 5.41) is 6.08. The summed E-state index contributed by atoms with van der Waals surface area (Å²) >= 11 is 1.45. The fourth-order valence-electron chi connectivity index (χ4n) is 4.64. The first-order valence-corrected chi connectivity index (χ1v) is 13.4. The molecule has 2 amide bonds. The molecule has 2 aliphatic rings. The lowest BCUT2D eigenvalue weighted by molar-refractivity contribution is 0.0963. The zero-order valence-corrected chi connectivity index (χ0v) is 20.1. The second-order valence-electron chi connectivity index (χ2n) is 8.29. The Hall–Kier alpha value is -2.23. The van der Waals surface area contributed by atoms with E-state index in [2.05, 4.69) is 10.6 Å².